The highest BCUT2D eigenvalue weighted by molar-refractivity contribution is 5.97. The lowest BCUT2D eigenvalue weighted by molar-refractivity contribution is -0.384. The van der Waals surface area contributed by atoms with Crippen LogP contribution >= 0.6 is 0 Å². The lowest BCUT2D eigenvalue weighted by atomic mass is 10.1. The lowest BCUT2D eigenvalue weighted by Gasteiger charge is -2.19. The Morgan fingerprint density at radius 1 is 1.58 bits per heavy atom. The van der Waals surface area contributed by atoms with Crippen molar-refractivity contribution in [1.82, 2.24) is 4.90 Å². The molecule has 0 saturated heterocycles. The van der Waals surface area contributed by atoms with Gasteiger partial charge in [-0.1, -0.05) is 5.92 Å². The maximum absolute atomic E-state index is 12.2. The van der Waals surface area contributed by atoms with Gasteiger partial charge in [0.25, 0.3) is 11.6 Å². The van der Waals surface area contributed by atoms with Crippen molar-refractivity contribution >= 4 is 11.6 Å². The van der Waals surface area contributed by atoms with Crippen molar-refractivity contribution in [3.8, 4) is 18.1 Å². The average Bonchev–Trinajstić information content (AvgIpc) is 2.43. The first kappa shape index (κ1) is 14.5. The Kier molecular flexibility index (Phi) is 4.89. The fourth-order valence-electron chi connectivity index (χ4n) is 1.58. The number of non-ortho nitro benzene ring substituents is 1. The van der Waals surface area contributed by atoms with Gasteiger partial charge in [0.2, 0.25) is 0 Å². The quantitative estimate of drug-likeness (QED) is 0.460. The third kappa shape index (κ3) is 3.22. The van der Waals surface area contributed by atoms with Crippen LogP contribution in [-0.4, -0.2) is 35.9 Å². The number of rotatable bonds is 5. The van der Waals surface area contributed by atoms with Crippen molar-refractivity contribution in [2.45, 2.75) is 6.92 Å². The highest BCUT2D eigenvalue weighted by atomic mass is 16.6. The molecule has 0 heterocycles. The van der Waals surface area contributed by atoms with Crippen LogP contribution in [0.15, 0.2) is 18.2 Å². The van der Waals surface area contributed by atoms with Gasteiger partial charge in [0, 0.05) is 12.6 Å². The molecule has 1 amide bonds. The third-order valence-corrected chi connectivity index (χ3v) is 2.58. The molecule has 0 aromatic heterocycles. The van der Waals surface area contributed by atoms with E-state index in [-0.39, 0.29) is 29.5 Å². The minimum atomic E-state index is -0.546. The predicted octanol–water partition coefficient (Wildman–Crippen LogP) is 1.70. The van der Waals surface area contributed by atoms with Crippen LogP contribution < -0.4 is 4.74 Å². The van der Waals surface area contributed by atoms with Gasteiger partial charge in [-0.05, 0) is 13.0 Å². The van der Waals surface area contributed by atoms with Gasteiger partial charge in [-0.15, -0.1) is 6.42 Å². The molecule has 0 spiro atoms. The minimum absolute atomic E-state index is 0.131. The van der Waals surface area contributed by atoms with Gasteiger partial charge < -0.3 is 9.64 Å². The zero-order chi connectivity index (χ0) is 14.4. The Morgan fingerprint density at radius 3 is 2.74 bits per heavy atom. The van der Waals surface area contributed by atoms with Crippen molar-refractivity contribution in [2.24, 2.45) is 0 Å². The second-order valence-electron chi connectivity index (χ2n) is 3.67. The van der Waals surface area contributed by atoms with Gasteiger partial charge in [0.1, 0.15) is 5.75 Å². The van der Waals surface area contributed by atoms with Crippen molar-refractivity contribution < 1.29 is 14.5 Å². The molecule has 0 aliphatic heterocycles. The molecule has 0 aliphatic rings. The van der Waals surface area contributed by atoms with Gasteiger partial charge >= 0.3 is 0 Å². The zero-order valence-corrected chi connectivity index (χ0v) is 10.8. The van der Waals surface area contributed by atoms with Crippen LogP contribution in [0, 0.1) is 22.5 Å². The van der Waals surface area contributed by atoms with E-state index < -0.39 is 4.92 Å². The molecule has 0 radical (unpaired) electrons. The predicted molar refractivity (Wildman–Crippen MR) is 70.1 cm³/mol. The van der Waals surface area contributed by atoms with Gasteiger partial charge in [0.05, 0.1) is 30.2 Å². The summed E-state index contributed by atoms with van der Waals surface area (Å²) in [6, 6.07) is 3.86. The van der Waals surface area contributed by atoms with E-state index in [0.29, 0.717) is 6.54 Å². The molecule has 0 unspecified atom stereocenters. The topological polar surface area (TPSA) is 72.7 Å². The number of carbonyl (C=O) groups is 1. The van der Waals surface area contributed by atoms with Crippen LogP contribution in [0.5, 0.6) is 5.75 Å². The first-order valence-electron chi connectivity index (χ1n) is 5.60. The normalized spacial score (nSPS) is 9.53. The Balaban J connectivity index is 3.16. The minimum Gasteiger partial charge on any atom is -0.496 e. The highest BCUT2D eigenvalue weighted by Crippen LogP contribution is 2.25. The molecule has 1 aromatic carbocycles. The van der Waals surface area contributed by atoms with Crippen LogP contribution in [-0.2, 0) is 0 Å². The standard InChI is InChI=1S/C13H14N2O4/c1-4-8-14(5-2)13(16)11-7-6-10(15(17)18)9-12(11)19-3/h1,6-7,9H,5,8H2,2-3H3. The number of carbonyl (C=O) groups excluding carboxylic acids is 1. The number of ether oxygens (including phenoxy) is 1. The molecule has 0 aliphatic carbocycles. The van der Waals surface area contributed by atoms with Gasteiger partial charge in [-0.25, -0.2) is 0 Å². The molecule has 0 bridgehead atoms. The number of nitrogens with zero attached hydrogens (tertiary/aromatic N) is 2. The van der Waals surface area contributed by atoms with Crippen molar-refractivity contribution in [3.63, 3.8) is 0 Å². The highest BCUT2D eigenvalue weighted by Gasteiger charge is 2.20. The SMILES string of the molecule is C#CCN(CC)C(=O)c1ccc([N+](=O)[O-])cc1OC. The summed E-state index contributed by atoms with van der Waals surface area (Å²) in [6.07, 6.45) is 5.19. The maximum Gasteiger partial charge on any atom is 0.273 e. The van der Waals surface area contributed by atoms with Gasteiger partial charge in [-0.2, -0.15) is 0 Å². The summed E-state index contributed by atoms with van der Waals surface area (Å²) in [5, 5.41) is 10.7. The molecule has 0 fully saturated rings. The number of methoxy groups -OCH3 is 1. The molecule has 0 atom stereocenters. The third-order valence-electron chi connectivity index (χ3n) is 2.58. The fraction of sp³-hybridized carbons (Fsp3) is 0.308. The largest absolute Gasteiger partial charge is 0.496 e. The molecule has 6 nitrogen and oxygen atoms in total. The molecule has 1 rings (SSSR count). The van der Waals surface area contributed by atoms with Crippen LogP contribution in [0.25, 0.3) is 0 Å². The number of amides is 1. The van der Waals surface area contributed by atoms with Crippen LogP contribution in [0.4, 0.5) is 5.69 Å². The Bertz CT molecular complexity index is 534. The monoisotopic (exact) mass is 262 g/mol. The molecule has 0 saturated carbocycles. The summed E-state index contributed by atoms with van der Waals surface area (Å²) >= 11 is 0. The number of terminal acetylenes is 1. The Labute approximate surface area is 111 Å². The van der Waals surface area contributed by atoms with E-state index >= 15 is 0 Å². The number of benzene rings is 1. The number of nitro groups is 1. The van der Waals surface area contributed by atoms with E-state index in [0.717, 1.165) is 0 Å². The van der Waals surface area contributed by atoms with Gasteiger partial charge in [-0.3, -0.25) is 14.9 Å². The number of nitro benzene ring substituents is 1. The number of hydrogen-bond acceptors (Lipinski definition) is 4. The molecule has 0 N–H and O–H groups in total. The molecule has 6 heteroatoms. The molecular weight excluding hydrogens is 248 g/mol. The maximum atomic E-state index is 12.2. The van der Waals surface area contributed by atoms with Gasteiger partial charge in [0.15, 0.2) is 0 Å². The smallest absolute Gasteiger partial charge is 0.273 e. The summed E-state index contributed by atoms with van der Waals surface area (Å²) in [5.41, 5.74) is 0.124. The van der Waals surface area contributed by atoms with E-state index in [1.54, 1.807) is 6.92 Å². The molecule has 19 heavy (non-hydrogen) atoms. The fourth-order valence-corrected chi connectivity index (χ4v) is 1.58. The van der Waals surface area contributed by atoms with Crippen LogP contribution in [0.1, 0.15) is 17.3 Å². The van der Waals surface area contributed by atoms with E-state index in [1.807, 2.05) is 0 Å². The average molecular weight is 262 g/mol. The summed E-state index contributed by atoms with van der Waals surface area (Å²) in [6.45, 7) is 2.42. The second kappa shape index (κ2) is 6.40. The summed E-state index contributed by atoms with van der Waals surface area (Å²) < 4.78 is 5.03. The molecule has 1 aromatic rings. The lowest BCUT2D eigenvalue weighted by Crippen LogP contribution is -2.31. The van der Waals surface area contributed by atoms with Crippen LogP contribution in [0.3, 0.4) is 0 Å². The first-order valence-corrected chi connectivity index (χ1v) is 5.60. The zero-order valence-electron chi connectivity index (χ0n) is 10.8. The molecular formula is C13H14N2O4. The summed E-state index contributed by atoms with van der Waals surface area (Å²) in [5.74, 6) is 2.24. The van der Waals surface area contributed by atoms with E-state index in [1.165, 1.54) is 30.2 Å². The van der Waals surface area contributed by atoms with Crippen LogP contribution in [0.2, 0.25) is 0 Å². The first-order chi connectivity index (χ1) is 9.04. The van der Waals surface area contributed by atoms with E-state index in [4.69, 9.17) is 11.2 Å². The van der Waals surface area contributed by atoms with E-state index in [9.17, 15) is 14.9 Å². The van der Waals surface area contributed by atoms with E-state index in [2.05, 4.69) is 5.92 Å². The van der Waals surface area contributed by atoms with Crippen molar-refractivity contribution in [1.29, 1.82) is 0 Å². The summed E-state index contributed by atoms with van der Waals surface area (Å²) in [4.78, 5) is 23.8. The number of hydrogen-bond donors (Lipinski definition) is 0. The Hall–Kier alpha value is -2.55. The second-order valence-corrected chi connectivity index (χ2v) is 3.67. The van der Waals surface area contributed by atoms with Crippen molar-refractivity contribution in [2.75, 3.05) is 20.2 Å². The summed E-state index contributed by atoms with van der Waals surface area (Å²) in [7, 11) is 1.35. The van der Waals surface area contributed by atoms with Crippen molar-refractivity contribution in [3.05, 3.63) is 33.9 Å². The molecule has 100 valence electrons. The Morgan fingerprint density at radius 2 is 2.26 bits per heavy atom.